The van der Waals surface area contributed by atoms with Gasteiger partial charge in [-0.05, 0) is 54.8 Å². The first-order valence-corrected chi connectivity index (χ1v) is 11.2. The highest BCUT2D eigenvalue weighted by molar-refractivity contribution is 5.96. The second-order valence-corrected chi connectivity index (χ2v) is 8.39. The molecule has 2 amide bonds. The number of rotatable bonds is 5. The Morgan fingerprint density at radius 1 is 0.824 bits per heavy atom. The van der Waals surface area contributed by atoms with E-state index in [1.165, 1.54) is 12.1 Å². The molecule has 1 heterocycles. The van der Waals surface area contributed by atoms with Crippen molar-refractivity contribution in [3.8, 4) is 0 Å². The molecule has 3 aromatic rings. The number of hydrogen-bond donors (Lipinski definition) is 0. The van der Waals surface area contributed by atoms with Crippen molar-refractivity contribution in [2.45, 2.75) is 25.6 Å². The van der Waals surface area contributed by atoms with Crippen LogP contribution in [0.2, 0.25) is 0 Å². The largest absolute Gasteiger partial charge is 0.416 e. The normalized spacial score (nSPS) is 14.6. The predicted molar refractivity (Wildman–Crippen MR) is 124 cm³/mol. The minimum atomic E-state index is -4.44. The van der Waals surface area contributed by atoms with Gasteiger partial charge in [0, 0.05) is 30.3 Å². The van der Waals surface area contributed by atoms with E-state index in [-0.39, 0.29) is 23.3 Å². The molecule has 0 spiro atoms. The van der Waals surface area contributed by atoms with Crippen LogP contribution in [-0.4, -0.2) is 29.8 Å². The van der Waals surface area contributed by atoms with E-state index in [9.17, 15) is 22.8 Å². The van der Waals surface area contributed by atoms with E-state index in [1.54, 1.807) is 9.80 Å². The predicted octanol–water partition coefficient (Wildman–Crippen LogP) is 5.79. The SMILES string of the molecule is O=C(c1ccc(C(F)(F)F)cc1)N1CCC(C(=O)N(Cc2ccccc2)c2ccccc2)CC1. The van der Waals surface area contributed by atoms with E-state index in [1.807, 2.05) is 60.7 Å². The number of alkyl halides is 3. The number of nitrogens with zero attached hydrogens (tertiary/aromatic N) is 2. The van der Waals surface area contributed by atoms with Gasteiger partial charge in [0.25, 0.3) is 5.91 Å². The molecule has 34 heavy (non-hydrogen) atoms. The summed E-state index contributed by atoms with van der Waals surface area (Å²) in [6.07, 6.45) is -3.43. The third-order valence-corrected chi connectivity index (χ3v) is 6.11. The number of anilines is 1. The van der Waals surface area contributed by atoms with Gasteiger partial charge < -0.3 is 9.80 Å². The summed E-state index contributed by atoms with van der Waals surface area (Å²) in [7, 11) is 0. The molecule has 0 bridgehead atoms. The number of piperidine rings is 1. The average molecular weight is 467 g/mol. The third kappa shape index (κ3) is 5.47. The summed E-state index contributed by atoms with van der Waals surface area (Å²) in [5.74, 6) is -0.541. The molecule has 0 aliphatic carbocycles. The Balaban J connectivity index is 1.42. The van der Waals surface area contributed by atoms with Crippen LogP contribution in [0.4, 0.5) is 18.9 Å². The van der Waals surface area contributed by atoms with Crippen LogP contribution in [-0.2, 0) is 17.5 Å². The van der Waals surface area contributed by atoms with Crippen molar-refractivity contribution in [2.75, 3.05) is 18.0 Å². The molecule has 1 aliphatic rings. The molecular weight excluding hydrogens is 441 g/mol. The van der Waals surface area contributed by atoms with Crippen molar-refractivity contribution >= 4 is 17.5 Å². The number of halogens is 3. The zero-order chi connectivity index (χ0) is 24.1. The molecule has 0 unspecified atom stereocenters. The maximum atomic E-state index is 13.5. The second-order valence-electron chi connectivity index (χ2n) is 8.39. The first-order valence-electron chi connectivity index (χ1n) is 11.2. The summed E-state index contributed by atoms with van der Waals surface area (Å²) >= 11 is 0. The van der Waals surface area contributed by atoms with Crippen LogP contribution in [0.25, 0.3) is 0 Å². The van der Waals surface area contributed by atoms with E-state index in [4.69, 9.17) is 0 Å². The van der Waals surface area contributed by atoms with Gasteiger partial charge in [-0.1, -0.05) is 48.5 Å². The highest BCUT2D eigenvalue weighted by atomic mass is 19.4. The molecule has 1 aliphatic heterocycles. The Hall–Kier alpha value is -3.61. The fraction of sp³-hybridized carbons (Fsp3) is 0.259. The highest BCUT2D eigenvalue weighted by Crippen LogP contribution is 2.30. The number of hydrogen-bond acceptors (Lipinski definition) is 2. The minimum absolute atomic E-state index is 0.0108. The summed E-state index contributed by atoms with van der Waals surface area (Å²) in [5, 5.41) is 0. The lowest BCUT2D eigenvalue weighted by Gasteiger charge is -2.34. The van der Waals surface area contributed by atoms with Gasteiger partial charge in [0.2, 0.25) is 5.91 Å². The van der Waals surface area contributed by atoms with Crippen molar-refractivity contribution in [1.82, 2.24) is 4.90 Å². The monoisotopic (exact) mass is 466 g/mol. The van der Waals surface area contributed by atoms with Gasteiger partial charge in [-0.2, -0.15) is 13.2 Å². The lowest BCUT2D eigenvalue weighted by molar-refractivity contribution is -0.137. The highest BCUT2D eigenvalue weighted by Gasteiger charge is 2.33. The Kier molecular flexibility index (Phi) is 7.01. The summed E-state index contributed by atoms with van der Waals surface area (Å²) in [6.45, 7) is 1.21. The topological polar surface area (TPSA) is 40.6 Å². The van der Waals surface area contributed by atoms with Gasteiger partial charge in [-0.3, -0.25) is 9.59 Å². The van der Waals surface area contributed by atoms with Gasteiger partial charge in [0.15, 0.2) is 0 Å². The number of carbonyl (C=O) groups excluding carboxylic acids is 2. The van der Waals surface area contributed by atoms with Gasteiger partial charge in [0.1, 0.15) is 0 Å². The zero-order valence-electron chi connectivity index (χ0n) is 18.5. The van der Waals surface area contributed by atoms with Crippen molar-refractivity contribution < 1.29 is 22.8 Å². The maximum Gasteiger partial charge on any atom is 0.416 e. The van der Waals surface area contributed by atoms with Crippen molar-refractivity contribution in [1.29, 1.82) is 0 Å². The van der Waals surface area contributed by atoms with E-state index in [0.29, 0.717) is 32.5 Å². The standard InChI is InChI=1S/C27H25F3N2O2/c28-27(29,30)23-13-11-21(12-14-23)25(33)31-17-15-22(16-18-31)26(34)32(24-9-5-2-6-10-24)19-20-7-3-1-4-8-20/h1-14,22H,15-19H2. The van der Waals surface area contributed by atoms with E-state index in [0.717, 1.165) is 23.4 Å². The maximum absolute atomic E-state index is 13.5. The molecule has 0 atom stereocenters. The molecular formula is C27H25F3N2O2. The summed E-state index contributed by atoms with van der Waals surface area (Å²) in [4.78, 5) is 29.7. The zero-order valence-corrected chi connectivity index (χ0v) is 18.5. The molecule has 0 N–H and O–H groups in total. The minimum Gasteiger partial charge on any atom is -0.339 e. The smallest absolute Gasteiger partial charge is 0.339 e. The molecule has 1 saturated heterocycles. The number of likely N-dealkylation sites (tertiary alicyclic amines) is 1. The summed E-state index contributed by atoms with van der Waals surface area (Å²) in [5.41, 5.74) is 1.27. The lowest BCUT2D eigenvalue weighted by atomic mass is 9.94. The molecule has 0 radical (unpaired) electrons. The van der Waals surface area contributed by atoms with Gasteiger partial charge >= 0.3 is 6.18 Å². The first-order chi connectivity index (χ1) is 16.3. The number of benzene rings is 3. The van der Waals surface area contributed by atoms with Crippen LogP contribution < -0.4 is 4.90 Å². The number of para-hydroxylation sites is 1. The summed E-state index contributed by atoms with van der Waals surface area (Å²) < 4.78 is 38.4. The second kappa shape index (κ2) is 10.1. The van der Waals surface area contributed by atoms with Crippen LogP contribution in [0.5, 0.6) is 0 Å². The van der Waals surface area contributed by atoms with Crippen molar-refractivity contribution in [2.24, 2.45) is 5.92 Å². The van der Waals surface area contributed by atoms with Gasteiger partial charge in [-0.25, -0.2) is 0 Å². The van der Waals surface area contributed by atoms with E-state index < -0.39 is 11.7 Å². The van der Waals surface area contributed by atoms with Crippen LogP contribution in [0.3, 0.4) is 0 Å². The Morgan fingerprint density at radius 2 is 1.38 bits per heavy atom. The fourth-order valence-electron chi connectivity index (χ4n) is 4.20. The number of amides is 2. The first kappa shape index (κ1) is 23.5. The van der Waals surface area contributed by atoms with E-state index in [2.05, 4.69) is 0 Å². The van der Waals surface area contributed by atoms with Crippen LogP contribution in [0.15, 0.2) is 84.9 Å². The quantitative estimate of drug-likeness (QED) is 0.478. The van der Waals surface area contributed by atoms with Crippen LogP contribution in [0.1, 0.15) is 34.3 Å². The fourth-order valence-corrected chi connectivity index (χ4v) is 4.20. The number of carbonyl (C=O) groups is 2. The average Bonchev–Trinajstić information content (AvgIpc) is 2.87. The molecule has 176 valence electrons. The Bertz CT molecular complexity index is 1110. The van der Waals surface area contributed by atoms with Crippen molar-refractivity contribution in [3.63, 3.8) is 0 Å². The van der Waals surface area contributed by atoms with E-state index >= 15 is 0 Å². The van der Waals surface area contributed by atoms with Gasteiger partial charge in [-0.15, -0.1) is 0 Å². The van der Waals surface area contributed by atoms with Crippen molar-refractivity contribution in [3.05, 3.63) is 102 Å². The van der Waals surface area contributed by atoms with Crippen LogP contribution in [0, 0.1) is 5.92 Å². The molecule has 1 fully saturated rings. The Morgan fingerprint density at radius 3 is 1.94 bits per heavy atom. The molecule has 0 aromatic heterocycles. The van der Waals surface area contributed by atoms with Crippen LogP contribution >= 0.6 is 0 Å². The molecule has 4 rings (SSSR count). The molecule has 7 heteroatoms. The third-order valence-electron chi connectivity index (χ3n) is 6.11. The molecule has 3 aromatic carbocycles. The molecule has 0 saturated carbocycles. The lowest BCUT2D eigenvalue weighted by Crippen LogP contribution is -2.44. The van der Waals surface area contributed by atoms with Gasteiger partial charge in [0.05, 0.1) is 12.1 Å². The Labute approximate surface area is 196 Å². The molecule has 4 nitrogen and oxygen atoms in total. The summed E-state index contributed by atoms with van der Waals surface area (Å²) in [6, 6.07) is 23.5.